The zero-order valence-electron chi connectivity index (χ0n) is 13.5. The van der Waals surface area contributed by atoms with E-state index in [4.69, 9.17) is 0 Å². The Labute approximate surface area is 143 Å². The van der Waals surface area contributed by atoms with Crippen LogP contribution in [0.4, 0.5) is 10.1 Å². The zero-order chi connectivity index (χ0) is 17.1. The van der Waals surface area contributed by atoms with Crippen LogP contribution in [0.2, 0.25) is 0 Å². The first-order valence-electron chi connectivity index (χ1n) is 7.60. The number of rotatable bonds is 5. The number of likely N-dealkylation sites (N-methyl/N-ethyl adjacent to an activating group) is 1. The highest BCUT2D eigenvalue weighted by Crippen LogP contribution is 2.22. The quantitative estimate of drug-likeness (QED) is 0.766. The van der Waals surface area contributed by atoms with Gasteiger partial charge in [0.15, 0.2) is 0 Å². The van der Waals surface area contributed by atoms with Crippen LogP contribution in [0, 0.1) is 12.7 Å². The van der Waals surface area contributed by atoms with Gasteiger partial charge in [-0.25, -0.2) is 9.37 Å². The summed E-state index contributed by atoms with van der Waals surface area (Å²) in [5, 5.41) is 3.68. The van der Waals surface area contributed by atoms with E-state index >= 15 is 0 Å². The molecule has 1 heterocycles. The summed E-state index contributed by atoms with van der Waals surface area (Å²) in [5.74, 6) is -0.502. The predicted molar refractivity (Wildman–Crippen MR) is 95.7 cm³/mol. The number of aryl methyl sites for hydroxylation is 1. The van der Waals surface area contributed by atoms with Crippen LogP contribution in [-0.2, 0) is 11.3 Å². The van der Waals surface area contributed by atoms with Crippen molar-refractivity contribution in [3.63, 3.8) is 0 Å². The zero-order valence-corrected chi connectivity index (χ0v) is 14.4. The summed E-state index contributed by atoms with van der Waals surface area (Å²) in [7, 11) is 1.86. The lowest BCUT2D eigenvalue weighted by molar-refractivity contribution is -0.117. The number of carbonyl (C=O) groups is 1. The van der Waals surface area contributed by atoms with Crippen LogP contribution in [0.3, 0.4) is 0 Å². The lowest BCUT2D eigenvalue weighted by Crippen LogP contribution is -2.29. The molecule has 1 amide bonds. The van der Waals surface area contributed by atoms with Gasteiger partial charge in [-0.05, 0) is 43.8 Å². The van der Waals surface area contributed by atoms with Crippen LogP contribution in [0.5, 0.6) is 0 Å². The summed E-state index contributed by atoms with van der Waals surface area (Å²) in [6.07, 6.45) is 0. The van der Waals surface area contributed by atoms with Crippen molar-refractivity contribution >= 4 is 33.1 Å². The van der Waals surface area contributed by atoms with Gasteiger partial charge in [0.2, 0.25) is 5.91 Å². The summed E-state index contributed by atoms with van der Waals surface area (Å²) in [6, 6.07) is 12.6. The minimum atomic E-state index is -0.323. The van der Waals surface area contributed by atoms with Gasteiger partial charge in [0.1, 0.15) is 10.8 Å². The fraction of sp³-hybridized carbons (Fsp3) is 0.222. The van der Waals surface area contributed by atoms with Gasteiger partial charge < -0.3 is 5.32 Å². The monoisotopic (exact) mass is 343 g/mol. The highest BCUT2D eigenvalue weighted by Gasteiger charge is 2.11. The summed E-state index contributed by atoms with van der Waals surface area (Å²) in [6.45, 7) is 2.49. The maximum atomic E-state index is 13.5. The average molecular weight is 343 g/mol. The first-order chi connectivity index (χ1) is 11.5. The summed E-state index contributed by atoms with van der Waals surface area (Å²) in [5.41, 5.74) is 2.00. The van der Waals surface area contributed by atoms with Gasteiger partial charge in [0, 0.05) is 5.69 Å². The largest absolute Gasteiger partial charge is 0.325 e. The Morgan fingerprint density at radius 1 is 1.29 bits per heavy atom. The minimum absolute atomic E-state index is 0.179. The molecule has 3 rings (SSSR count). The SMILES string of the molecule is Cc1ccc(NC(=O)CN(C)Cc2nc3ccccc3s2)cc1F. The Bertz CT molecular complexity index is 845. The van der Waals surface area contributed by atoms with Gasteiger partial charge in [-0.1, -0.05) is 18.2 Å². The number of hydrogen-bond donors (Lipinski definition) is 1. The minimum Gasteiger partial charge on any atom is -0.325 e. The fourth-order valence-corrected chi connectivity index (χ4v) is 3.44. The molecule has 124 valence electrons. The molecule has 1 N–H and O–H groups in total. The molecule has 0 bridgehead atoms. The molecule has 0 fully saturated rings. The molecule has 0 unspecified atom stereocenters. The van der Waals surface area contributed by atoms with Gasteiger partial charge in [-0.3, -0.25) is 9.69 Å². The van der Waals surface area contributed by atoms with Crippen molar-refractivity contribution < 1.29 is 9.18 Å². The number of nitrogens with zero attached hydrogens (tertiary/aromatic N) is 2. The highest BCUT2D eigenvalue weighted by atomic mass is 32.1. The molecular weight excluding hydrogens is 325 g/mol. The van der Waals surface area contributed by atoms with E-state index < -0.39 is 0 Å². The van der Waals surface area contributed by atoms with Crippen LogP contribution in [0.1, 0.15) is 10.6 Å². The number of thiazole rings is 1. The average Bonchev–Trinajstić information content (AvgIpc) is 2.92. The first kappa shape index (κ1) is 16.5. The molecule has 0 spiro atoms. The molecule has 0 radical (unpaired) electrons. The second kappa shape index (κ2) is 7.07. The predicted octanol–water partition coefficient (Wildman–Crippen LogP) is 3.81. The van der Waals surface area contributed by atoms with E-state index in [9.17, 15) is 9.18 Å². The van der Waals surface area contributed by atoms with Crippen molar-refractivity contribution in [3.8, 4) is 0 Å². The Hall–Kier alpha value is -2.31. The second-order valence-corrected chi connectivity index (χ2v) is 6.87. The fourth-order valence-electron chi connectivity index (χ4n) is 2.39. The maximum absolute atomic E-state index is 13.5. The molecule has 0 atom stereocenters. The maximum Gasteiger partial charge on any atom is 0.238 e. The van der Waals surface area contributed by atoms with E-state index in [0.717, 1.165) is 15.2 Å². The van der Waals surface area contributed by atoms with E-state index in [1.54, 1.807) is 30.4 Å². The summed E-state index contributed by atoms with van der Waals surface area (Å²) in [4.78, 5) is 18.5. The molecule has 0 saturated heterocycles. The van der Waals surface area contributed by atoms with E-state index in [1.807, 2.05) is 36.2 Å². The molecule has 6 heteroatoms. The number of benzene rings is 2. The van der Waals surface area contributed by atoms with Gasteiger partial charge in [-0.2, -0.15) is 0 Å². The molecule has 2 aromatic carbocycles. The van der Waals surface area contributed by atoms with E-state index in [2.05, 4.69) is 10.3 Å². The van der Waals surface area contributed by atoms with Crippen molar-refractivity contribution in [2.75, 3.05) is 18.9 Å². The lowest BCUT2D eigenvalue weighted by Gasteiger charge is -2.14. The number of halogens is 1. The number of para-hydroxylation sites is 1. The van der Waals surface area contributed by atoms with Crippen LogP contribution in [0.25, 0.3) is 10.2 Å². The number of aromatic nitrogens is 1. The van der Waals surface area contributed by atoms with Gasteiger partial charge in [0.05, 0.1) is 23.3 Å². The number of fused-ring (bicyclic) bond motifs is 1. The van der Waals surface area contributed by atoms with E-state index in [1.165, 1.54) is 6.07 Å². The third-order valence-electron chi connectivity index (χ3n) is 3.61. The van der Waals surface area contributed by atoms with Gasteiger partial charge >= 0.3 is 0 Å². The van der Waals surface area contributed by atoms with Crippen LogP contribution >= 0.6 is 11.3 Å². The molecular formula is C18H18FN3OS. The van der Waals surface area contributed by atoms with Crippen LogP contribution < -0.4 is 5.32 Å². The smallest absolute Gasteiger partial charge is 0.238 e. The van der Waals surface area contributed by atoms with Crippen LogP contribution in [-0.4, -0.2) is 29.4 Å². The molecule has 24 heavy (non-hydrogen) atoms. The van der Waals surface area contributed by atoms with E-state index in [0.29, 0.717) is 17.8 Å². The molecule has 4 nitrogen and oxygen atoms in total. The molecule has 0 saturated carbocycles. The van der Waals surface area contributed by atoms with Crippen molar-refractivity contribution in [1.29, 1.82) is 0 Å². The van der Waals surface area contributed by atoms with Crippen LogP contribution in [0.15, 0.2) is 42.5 Å². The summed E-state index contributed by atoms with van der Waals surface area (Å²) >= 11 is 1.63. The van der Waals surface area contributed by atoms with Crippen molar-refractivity contribution in [3.05, 3.63) is 58.9 Å². The number of nitrogens with one attached hydrogen (secondary N) is 1. The Kier molecular flexibility index (Phi) is 4.87. The van der Waals surface area contributed by atoms with Crippen molar-refractivity contribution in [2.45, 2.75) is 13.5 Å². The number of hydrogen-bond acceptors (Lipinski definition) is 4. The number of amides is 1. The number of anilines is 1. The third kappa shape index (κ3) is 3.96. The summed E-state index contributed by atoms with van der Waals surface area (Å²) < 4.78 is 14.7. The molecule has 0 aliphatic heterocycles. The standard InChI is InChI=1S/C18H18FN3OS/c1-12-7-8-13(9-14(12)19)20-17(23)10-22(2)11-18-21-15-5-3-4-6-16(15)24-18/h3-9H,10-11H2,1-2H3,(H,20,23). The van der Waals surface area contributed by atoms with Gasteiger partial charge in [0.25, 0.3) is 0 Å². The lowest BCUT2D eigenvalue weighted by atomic mass is 10.2. The Morgan fingerprint density at radius 2 is 2.08 bits per heavy atom. The Balaban J connectivity index is 1.58. The van der Waals surface area contributed by atoms with Crippen molar-refractivity contribution in [1.82, 2.24) is 9.88 Å². The molecule has 1 aromatic heterocycles. The molecule has 0 aliphatic carbocycles. The second-order valence-electron chi connectivity index (χ2n) is 5.76. The van der Waals surface area contributed by atoms with E-state index in [-0.39, 0.29) is 18.3 Å². The number of carbonyl (C=O) groups excluding carboxylic acids is 1. The molecule has 0 aliphatic rings. The normalized spacial score (nSPS) is 11.2. The Morgan fingerprint density at radius 3 is 2.83 bits per heavy atom. The topological polar surface area (TPSA) is 45.2 Å². The third-order valence-corrected chi connectivity index (χ3v) is 4.63. The van der Waals surface area contributed by atoms with Crippen molar-refractivity contribution in [2.24, 2.45) is 0 Å². The van der Waals surface area contributed by atoms with Gasteiger partial charge in [-0.15, -0.1) is 11.3 Å². The highest BCUT2D eigenvalue weighted by molar-refractivity contribution is 7.18. The molecule has 3 aromatic rings. The first-order valence-corrected chi connectivity index (χ1v) is 8.42.